The summed E-state index contributed by atoms with van der Waals surface area (Å²) in [6.45, 7) is 6.34. The molecular weight excluding hydrogens is 221 g/mol. The van der Waals surface area contributed by atoms with Crippen LogP contribution in [0.5, 0.6) is 0 Å². The Bertz CT molecular complexity index is 286. The van der Waals surface area contributed by atoms with Gasteiger partial charge in [-0.1, -0.05) is 13.8 Å². The fraction of sp³-hybridized carbons (Fsp3) is 0.900. The van der Waals surface area contributed by atoms with Gasteiger partial charge in [0.25, 0.3) is 0 Å². The zero-order chi connectivity index (χ0) is 12.7. The van der Waals surface area contributed by atoms with Gasteiger partial charge in [-0.15, -0.1) is 0 Å². The van der Waals surface area contributed by atoms with Gasteiger partial charge in [-0.25, -0.2) is 5.01 Å². The van der Waals surface area contributed by atoms with Gasteiger partial charge in [-0.05, 0) is 19.8 Å². The number of hydrazine groups is 1. The zero-order valence-corrected chi connectivity index (χ0v) is 9.85. The van der Waals surface area contributed by atoms with Crippen molar-refractivity contribution in [2.75, 3.05) is 6.54 Å². The van der Waals surface area contributed by atoms with E-state index in [4.69, 9.17) is 0 Å². The van der Waals surface area contributed by atoms with Gasteiger partial charge >= 0.3 is 6.18 Å². The molecule has 1 N–H and O–H groups in total. The van der Waals surface area contributed by atoms with E-state index in [2.05, 4.69) is 5.43 Å². The molecule has 1 aliphatic rings. The predicted molar refractivity (Wildman–Crippen MR) is 53.3 cm³/mol. The molecule has 0 aliphatic carbocycles. The molecule has 1 heterocycles. The van der Waals surface area contributed by atoms with E-state index in [1.165, 1.54) is 13.8 Å². The third kappa shape index (κ3) is 2.48. The molecule has 0 aromatic rings. The van der Waals surface area contributed by atoms with Crippen molar-refractivity contribution in [3.8, 4) is 0 Å². The highest BCUT2D eigenvalue weighted by atomic mass is 19.4. The molecule has 0 aromatic heterocycles. The Labute approximate surface area is 93.0 Å². The van der Waals surface area contributed by atoms with Crippen LogP contribution in [0, 0.1) is 11.3 Å². The number of nitrogens with zero attached hydrogens (tertiary/aromatic N) is 1. The van der Waals surface area contributed by atoms with Crippen LogP contribution < -0.4 is 5.43 Å². The Kier molecular flexibility index (Phi) is 3.24. The molecule has 0 spiro atoms. The van der Waals surface area contributed by atoms with Crippen molar-refractivity contribution in [2.45, 2.75) is 39.9 Å². The molecule has 3 nitrogen and oxygen atoms in total. The van der Waals surface area contributed by atoms with Crippen LogP contribution in [0.4, 0.5) is 13.2 Å². The van der Waals surface area contributed by atoms with Gasteiger partial charge in [0.05, 0.1) is 5.41 Å². The van der Waals surface area contributed by atoms with E-state index < -0.39 is 23.6 Å². The van der Waals surface area contributed by atoms with Crippen LogP contribution in [0.3, 0.4) is 0 Å². The summed E-state index contributed by atoms with van der Waals surface area (Å²) < 4.78 is 38.4. The highest BCUT2D eigenvalue weighted by molar-refractivity contribution is 5.83. The lowest BCUT2D eigenvalue weighted by atomic mass is 9.93. The molecule has 0 bridgehead atoms. The summed E-state index contributed by atoms with van der Waals surface area (Å²) in [5.74, 6) is -0.961. The summed E-state index contributed by atoms with van der Waals surface area (Å²) in [6.07, 6.45) is -4.33. The van der Waals surface area contributed by atoms with Crippen LogP contribution in [0.2, 0.25) is 0 Å². The topological polar surface area (TPSA) is 32.3 Å². The number of halogens is 3. The lowest BCUT2D eigenvalue weighted by Gasteiger charge is -2.32. The van der Waals surface area contributed by atoms with E-state index in [1.54, 1.807) is 13.8 Å². The molecule has 1 amide bonds. The molecule has 94 valence electrons. The van der Waals surface area contributed by atoms with Gasteiger partial charge in [-0.2, -0.15) is 13.2 Å². The Hall–Kier alpha value is -0.780. The van der Waals surface area contributed by atoms with E-state index in [9.17, 15) is 18.0 Å². The van der Waals surface area contributed by atoms with E-state index in [-0.39, 0.29) is 12.5 Å². The van der Waals surface area contributed by atoms with Crippen molar-refractivity contribution in [1.29, 1.82) is 0 Å². The summed E-state index contributed by atoms with van der Waals surface area (Å²) in [7, 11) is 0. The second-order valence-corrected chi connectivity index (χ2v) is 5.18. The number of hydrogen-bond acceptors (Lipinski definition) is 2. The van der Waals surface area contributed by atoms with Gasteiger partial charge in [-0.3, -0.25) is 10.2 Å². The minimum atomic E-state index is -4.33. The first-order valence-electron chi connectivity index (χ1n) is 5.20. The third-order valence-corrected chi connectivity index (χ3v) is 2.73. The van der Waals surface area contributed by atoms with E-state index in [1.807, 2.05) is 0 Å². The molecule has 1 aliphatic heterocycles. The minimum absolute atomic E-state index is 0.0776. The Balaban J connectivity index is 2.88. The highest BCUT2D eigenvalue weighted by Gasteiger charge is 2.51. The molecule has 1 unspecified atom stereocenters. The first-order chi connectivity index (χ1) is 7.05. The maximum absolute atomic E-state index is 12.8. The maximum atomic E-state index is 12.8. The molecule has 1 atom stereocenters. The third-order valence-electron chi connectivity index (χ3n) is 2.73. The Morgan fingerprint density at radius 3 is 2.12 bits per heavy atom. The SMILES string of the molecule is CC(C)C(N1CC(C)(C)C(=O)N1)C(F)(F)F. The van der Waals surface area contributed by atoms with Crippen LogP contribution in [0.25, 0.3) is 0 Å². The van der Waals surface area contributed by atoms with Gasteiger partial charge in [0.15, 0.2) is 0 Å². The molecule has 6 heteroatoms. The molecule has 16 heavy (non-hydrogen) atoms. The number of rotatable bonds is 2. The number of nitrogens with one attached hydrogen (secondary N) is 1. The smallest absolute Gasteiger partial charge is 0.288 e. The number of hydrogen-bond donors (Lipinski definition) is 1. The molecule has 1 fully saturated rings. The maximum Gasteiger partial charge on any atom is 0.406 e. The van der Waals surface area contributed by atoms with Crippen molar-refractivity contribution in [3.05, 3.63) is 0 Å². The van der Waals surface area contributed by atoms with Crippen molar-refractivity contribution in [2.24, 2.45) is 11.3 Å². The average Bonchev–Trinajstić information content (AvgIpc) is 2.21. The normalized spacial score (nSPS) is 23.6. The number of amides is 1. The summed E-state index contributed by atoms with van der Waals surface area (Å²) in [5, 5.41) is 1.01. The predicted octanol–water partition coefficient (Wildman–Crippen LogP) is 1.95. The lowest BCUT2D eigenvalue weighted by Crippen LogP contribution is -2.52. The van der Waals surface area contributed by atoms with Crippen LogP contribution in [-0.4, -0.2) is 29.7 Å². The molecule has 1 saturated heterocycles. The number of carbonyl (C=O) groups is 1. The van der Waals surface area contributed by atoms with E-state index in [0.29, 0.717) is 0 Å². The minimum Gasteiger partial charge on any atom is -0.288 e. The summed E-state index contributed by atoms with van der Waals surface area (Å²) >= 11 is 0. The van der Waals surface area contributed by atoms with Gasteiger partial charge in [0.1, 0.15) is 6.04 Å². The van der Waals surface area contributed by atoms with Gasteiger partial charge in [0, 0.05) is 6.54 Å². The van der Waals surface area contributed by atoms with Crippen molar-refractivity contribution in [1.82, 2.24) is 10.4 Å². The second kappa shape index (κ2) is 3.91. The summed E-state index contributed by atoms with van der Waals surface area (Å²) in [5.41, 5.74) is 1.54. The summed E-state index contributed by atoms with van der Waals surface area (Å²) in [6, 6.07) is -1.63. The first kappa shape index (κ1) is 13.3. The summed E-state index contributed by atoms with van der Waals surface area (Å²) in [4.78, 5) is 11.4. The van der Waals surface area contributed by atoms with Crippen molar-refractivity contribution < 1.29 is 18.0 Å². The van der Waals surface area contributed by atoms with Crippen LogP contribution in [0.1, 0.15) is 27.7 Å². The van der Waals surface area contributed by atoms with Gasteiger partial charge < -0.3 is 0 Å². The zero-order valence-electron chi connectivity index (χ0n) is 9.85. The lowest BCUT2D eigenvalue weighted by molar-refractivity contribution is -0.199. The first-order valence-corrected chi connectivity index (χ1v) is 5.20. The van der Waals surface area contributed by atoms with E-state index in [0.717, 1.165) is 5.01 Å². The Morgan fingerprint density at radius 2 is 1.88 bits per heavy atom. The fourth-order valence-corrected chi connectivity index (χ4v) is 1.90. The fourth-order valence-electron chi connectivity index (χ4n) is 1.90. The monoisotopic (exact) mass is 238 g/mol. The van der Waals surface area contributed by atoms with Crippen molar-refractivity contribution in [3.63, 3.8) is 0 Å². The van der Waals surface area contributed by atoms with E-state index >= 15 is 0 Å². The second-order valence-electron chi connectivity index (χ2n) is 5.18. The average molecular weight is 238 g/mol. The molecule has 0 saturated carbocycles. The van der Waals surface area contributed by atoms with Crippen molar-refractivity contribution >= 4 is 5.91 Å². The quantitative estimate of drug-likeness (QED) is 0.797. The molecular formula is C10H17F3N2O. The largest absolute Gasteiger partial charge is 0.406 e. The van der Waals surface area contributed by atoms with Gasteiger partial charge in [0.2, 0.25) is 5.91 Å². The molecule has 0 aromatic carbocycles. The molecule has 1 rings (SSSR count). The highest BCUT2D eigenvalue weighted by Crippen LogP contribution is 2.34. The van der Waals surface area contributed by atoms with Crippen LogP contribution in [0.15, 0.2) is 0 Å². The number of alkyl halides is 3. The van der Waals surface area contributed by atoms with Crippen LogP contribution >= 0.6 is 0 Å². The Morgan fingerprint density at radius 1 is 1.38 bits per heavy atom. The number of carbonyl (C=O) groups excluding carboxylic acids is 1. The standard InChI is InChI=1S/C10H17F3N2O/c1-6(2)7(10(11,12)13)15-5-9(3,4)8(16)14-15/h6-7H,5H2,1-4H3,(H,14,16). The van der Waals surface area contributed by atoms with Crippen LogP contribution in [-0.2, 0) is 4.79 Å². The molecule has 0 radical (unpaired) electrons.